The highest BCUT2D eigenvalue weighted by atomic mass is 127. The highest BCUT2D eigenvalue weighted by Crippen LogP contribution is 2.23. The molecule has 3 rings (SSSR count). The van der Waals surface area contributed by atoms with Crippen LogP contribution < -0.4 is 5.32 Å². The predicted octanol–water partition coefficient (Wildman–Crippen LogP) is 2.48. The monoisotopic (exact) mass is 502 g/mol. The Kier molecular flexibility index (Phi) is 7.07. The van der Waals surface area contributed by atoms with Crippen molar-refractivity contribution in [1.82, 2.24) is 15.2 Å². The SMILES string of the molecule is CN=C(NCCc1cccc2cccnc12)N1CCS(=O)(=O)C(C)(C)C1.I. The van der Waals surface area contributed by atoms with Crippen LogP contribution in [-0.4, -0.2) is 61.4 Å². The fourth-order valence-electron chi connectivity index (χ4n) is 3.33. The Balaban J connectivity index is 0.00000261. The molecule has 0 atom stereocenters. The summed E-state index contributed by atoms with van der Waals surface area (Å²) in [5, 5.41) is 4.51. The molecule has 2 heterocycles. The van der Waals surface area contributed by atoms with E-state index >= 15 is 0 Å². The highest BCUT2D eigenvalue weighted by Gasteiger charge is 2.40. The Morgan fingerprint density at radius 1 is 1.30 bits per heavy atom. The molecule has 1 aromatic carbocycles. The maximum Gasteiger partial charge on any atom is 0.193 e. The number of nitrogens with one attached hydrogen (secondary N) is 1. The van der Waals surface area contributed by atoms with Crippen LogP contribution in [0.4, 0.5) is 0 Å². The summed E-state index contributed by atoms with van der Waals surface area (Å²) in [4.78, 5) is 10.9. The first kappa shape index (κ1) is 21.9. The second kappa shape index (κ2) is 8.72. The zero-order valence-electron chi connectivity index (χ0n) is 16.0. The molecule has 8 heteroatoms. The maximum absolute atomic E-state index is 12.2. The fraction of sp³-hybridized carbons (Fsp3) is 0.474. The van der Waals surface area contributed by atoms with E-state index in [0.717, 1.165) is 23.3 Å². The van der Waals surface area contributed by atoms with Gasteiger partial charge in [-0.05, 0) is 31.9 Å². The predicted molar refractivity (Wildman–Crippen MR) is 122 cm³/mol. The minimum absolute atomic E-state index is 0. The normalized spacial score (nSPS) is 18.8. The van der Waals surface area contributed by atoms with Gasteiger partial charge in [0.1, 0.15) is 0 Å². The molecule has 1 aromatic heterocycles. The van der Waals surface area contributed by atoms with Crippen molar-refractivity contribution >= 4 is 50.7 Å². The zero-order valence-corrected chi connectivity index (χ0v) is 19.1. The molecule has 6 nitrogen and oxygen atoms in total. The molecular weight excluding hydrogens is 475 g/mol. The number of para-hydroxylation sites is 1. The summed E-state index contributed by atoms with van der Waals surface area (Å²) in [5.74, 6) is 0.912. The van der Waals surface area contributed by atoms with E-state index in [-0.39, 0.29) is 29.7 Å². The maximum atomic E-state index is 12.2. The summed E-state index contributed by atoms with van der Waals surface area (Å²) in [7, 11) is -1.32. The third-order valence-corrected chi connectivity index (χ3v) is 7.48. The molecule has 1 fully saturated rings. The van der Waals surface area contributed by atoms with Crippen molar-refractivity contribution in [2.24, 2.45) is 4.99 Å². The smallest absolute Gasteiger partial charge is 0.193 e. The van der Waals surface area contributed by atoms with Gasteiger partial charge in [-0.25, -0.2) is 8.42 Å². The van der Waals surface area contributed by atoms with Gasteiger partial charge in [-0.2, -0.15) is 0 Å². The average molecular weight is 502 g/mol. The van der Waals surface area contributed by atoms with Crippen LogP contribution in [0.1, 0.15) is 19.4 Å². The van der Waals surface area contributed by atoms with Gasteiger partial charge in [-0.1, -0.05) is 24.3 Å². The first-order valence-electron chi connectivity index (χ1n) is 8.84. The fourth-order valence-corrected chi connectivity index (χ4v) is 4.70. The number of sulfone groups is 1. The van der Waals surface area contributed by atoms with Crippen LogP contribution in [0.2, 0.25) is 0 Å². The first-order valence-corrected chi connectivity index (χ1v) is 10.5. The number of hydrogen-bond donors (Lipinski definition) is 1. The van der Waals surface area contributed by atoms with Gasteiger partial charge in [-0.15, -0.1) is 24.0 Å². The molecule has 0 saturated carbocycles. The second-order valence-corrected chi connectivity index (χ2v) is 9.96. The summed E-state index contributed by atoms with van der Waals surface area (Å²) in [6, 6.07) is 10.2. The standard InChI is InChI=1S/C19H26N4O2S.HI/c1-19(2)14-23(12-13-26(19,24)25)18(20-3)22-11-9-16-7-4-6-15-8-5-10-21-17(15)16;/h4-8,10H,9,11-14H2,1-3H3,(H,20,22);1H. The number of nitrogens with zero attached hydrogens (tertiary/aromatic N) is 3. The van der Waals surface area contributed by atoms with Gasteiger partial charge in [0.05, 0.1) is 16.0 Å². The van der Waals surface area contributed by atoms with Gasteiger partial charge in [-0.3, -0.25) is 9.98 Å². The summed E-state index contributed by atoms with van der Waals surface area (Å²) in [6.45, 7) is 5.20. The molecule has 0 bridgehead atoms. The number of fused-ring (bicyclic) bond motifs is 1. The molecule has 1 N–H and O–H groups in total. The van der Waals surface area contributed by atoms with E-state index in [2.05, 4.69) is 33.5 Å². The van der Waals surface area contributed by atoms with Crippen molar-refractivity contribution in [3.8, 4) is 0 Å². The van der Waals surface area contributed by atoms with Crippen molar-refractivity contribution in [3.63, 3.8) is 0 Å². The number of rotatable bonds is 3. The van der Waals surface area contributed by atoms with Crippen LogP contribution in [0.3, 0.4) is 0 Å². The largest absolute Gasteiger partial charge is 0.356 e. The Labute approximate surface area is 178 Å². The van der Waals surface area contributed by atoms with Crippen molar-refractivity contribution in [1.29, 1.82) is 0 Å². The van der Waals surface area contributed by atoms with Gasteiger partial charge in [0.25, 0.3) is 0 Å². The summed E-state index contributed by atoms with van der Waals surface area (Å²) in [6.07, 6.45) is 2.64. The highest BCUT2D eigenvalue weighted by molar-refractivity contribution is 14.0. The van der Waals surface area contributed by atoms with Crippen molar-refractivity contribution in [3.05, 3.63) is 42.1 Å². The molecule has 148 valence electrons. The number of aliphatic imine (C=N–C) groups is 1. The van der Waals surface area contributed by atoms with E-state index in [0.29, 0.717) is 19.6 Å². The molecule has 0 unspecified atom stereocenters. The second-order valence-electron chi connectivity index (χ2n) is 7.22. The van der Waals surface area contributed by atoms with Gasteiger partial charge in [0.2, 0.25) is 0 Å². The van der Waals surface area contributed by atoms with Crippen LogP contribution in [0.5, 0.6) is 0 Å². The van der Waals surface area contributed by atoms with E-state index in [9.17, 15) is 8.42 Å². The molecule has 0 spiro atoms. The Bertz CT molecular complexity index is 923. The summed E-state index contributed by atoms with van der Waals surface area (Å²) in [5.41, 5.74) is 2.21. The zero-order chi connectivity index (χ0) is 18.8. The lowest BCUT2D eigenvalue weighted by molar-refractivity contribution is 0.353. The first-order chi connectivity index (χ1) is 12.3. The number of halogens is 1. The van der Waals surface area contributed by atoms with Gasteiger partial charge < -0.3 is 10.2 Å². The Hall–Kier alpha value is -1.42. The van der Waals surface area contributed by atoms with Gasteiger partial charge in [0.15, 0.2) is 15.8 Å². The molecule has 0 radical (unpaired) electrons. The van der Waals surface area contributed by atoms with E-state index in [1.807, 2.05) is 23.2 Å². The summed E-state index contributed by atoms with van der Waals surface area (Å²) < 4.78 is 23.6. The van der Waals surface area contributed by atoms with Crippen molar-refractivity contribution in [2.75, 3.05) is 32.4 Å². The minimum atomic E-state index is -3.06. The van der Waals surface area contributed by atoms with Crippen LogP contribution in [0.25, 0.3) is 10.9 Å². The third-order valence-electron chi connectivity index (χ3n) is 4.95. The van der Waals surface area contributed by atoms with Gasteiger partial charge in [0, 0.05) is 38.3 Å². The third kappa shape index (κ3) is 4.71. The molecular formula is C19H27IN4O2S. The molecule has 0 amide bonds. The molecule has 1 saturated heterocycles. The molecule has 1 aliphatic rings. The Morgan fingerprint density at radius 3 is 2.74 bits per heavy atom. The van der Waals surface area contributed by atoms with Crippen LogP contribution in [0.15, 0.2) is 41.5 Å². The quantitative estimate of drug-likeness (QED) is 0.397. The van der Waals surface area contributed by atoms with Gasteiger partial charge >= 0.3 is 0 Å². The number of hydrogen-bond acceptors (Lipinski definition) is 4. The topological polar surface area (TPSA) is 74.7 Å². The van der Waals surface area contributed by atoms with Crippen molar-refractivity contribution in [2.45, 2.75) is 25.0 Å². The van der Waals surface area contributed by atoms with E-state index in [1.54, 1.807) is 20.9 Å². The van der Waals surface area contributed by atoms with Crippen molar-refractivity contribution < 1.29 is 8.42 Å². The van der Waals surface area contributed by atoms with E-state index in [1.165, 1.54) is 5.56 Å². The van der Waals surface area contributed by atoms with Crippen LogP contribution >= 0.6 is 24.0 Å². The van der Waals surface area contributed by atoms with Crippen LogP contribution in [0, 0.1) is 0 Å². The lowest BCUT2D eigenvalue weighted by Gasteiger charge is -2.39. The molecule has 27 heavy (non-hydrogen) atoms. The molecule has 0 aliphatic carbocycles. The number of guanidine groups is 1. The van der Waals surface area contributed by atoms with Crippen LogP contribution in [-0.2, 0) is 16.3 Å². The van der Waals surface area contributed by atoms with E-state index in [4.69, 9.17) is 0 Å². The summed E-state index contributed by atoms with van der Waals surface area (Å²) >= 11 is 0. The lowest BCUT2D eigenvalue weighted by atomic mass is 10.1. The minimum Gasteiger partial charge on any atom is -0.356 e. The number of benzene rings is 1. The molecule has 2 aromatic rings. The van der Waals surface area contributed by atoms with E-state index < -0.39 is 14.6 Å². The molecule has 1 aliphatic heterocycles. The average Bonchev–Trinajstić information content (AvgIpc) is 2.61. The lowest BCUT2D eigenvalue weighted by Crippen LogP contribution is -2.57. The number of aromatic nitrogens is 1. The number of pyridine rings is 1. The Morgan fingerprint density at radius 2 is 2.04 bits per heavy atom.